The number of hydrogen-bond donors (Lipinski definition) is 1. The van der Waals surface area contributed by atoms with Crippen molar-refractivity contribution in [3.05, 3.63) is 57.5 Å². The molecule has 0 fully saturated rings. The Morgan fingerprint density at radius 1 is 1.00 bits per heavy atom. The van der Waals surface area contributed by atoms with Crippen LogP contribution in [0.15, 0.2) is 47.6 Å². The van der Waals surface area contributed by atoms with Gasteiger partial charge in [0.2, 0.25) is 5.16 Å². The van der Waals surface area contributed by atoms with Crippen LogP contribution in [0.5, 0.6) is 5.75 Å². The van der Waals surface area contributed by atoms with Crippen LogP contribution in [0.3, 0.4) is 0 Å². The average Bonchev–Trinajstić information content (AvgIpc) is 3.02. The molecule has 0 aliphatic carbocycles. The lowest BCUT2D eigenvalue weighted by Crippen LogP contribution is -2.00. The van der Waals surface area contributed by atoms with Gasteiger partial charge in [0.05, 0.1) is 11.6 Å². The Morgan fingerprint density at radius 3 is 2.50 bits per heavy atom. The van der Waals surface area contributed by atoms with Gasteiger partial charge in [0.1, 0.15) is 5.75 Å². The summed E-state index contributed by atoms with van der Waals surface area (Å²) in [5.74, 6) is 2.11. The maximum absolute atomic E-state index is 6.17. The molecule has 3 aromatic rings. The third kappa shape index (κ3) is 4.57. The van der Waals surface area contributed by atoms with E-state index in [0.29, 0.717) is 38.4 Å². The van der Waals surface area contributed by atoms with Crippen LogP contribution in [-0.2, 0) is 0 Å². The Morgan fingerprint density at radius 2 is 1.75 bits per heavy atom. The molecule has 124 valence electrons. The van der Waals surface area contributed by atoms with Gasteiger partial charge in [-0.1, -0.05) is 46.6 Å². The molecule has 0 aliphatic heterocycles. The summed E-state index contributed by atoms with van der Waals surface area (Å²) in [6.45, 7) is 0.540. The van der Waals surface area contributed by atoms with E-state index in [4.69, 9.17) is 39.5 Å². The molecule has 0 atom stereocenters. The number of benzene rings is 2. The monoisotopic (exact) mass is 399 g/mol. The number of H-pyrrole nitrogens is 1. The summed E-state index contributed by atoms with van der Waals surface area (Å²) in [6.07, 6.45) is 0. The van der Waals surface area contributed by atoms with Crippen molar-refractivity contribution in [1.82, 2.24) is 15.2 Å². The molecule has 0 bridgehead atoms. The van der Waals surface area contributed by atoms with Gasteiger partial charge in [-0.3, -0.25) is 5.10 Å². The van der Waals surface area contributed by atoms with Gasteiger partial charge in [0.15, 0.2) is 5.82 Å². The van der Waals surface area contributed by atoms with Crippen molar-refractivity contribution in [2.75, 3.05) is 12.4 Å². The van der Waals surface area contributed by atoms with Crippen molar-refractivity contribution in [1.29, 1.82) is 0 Å². The number of aromatic nitrogens is 3. The molecule has 2 aromatic carbocycles. The molecule has 0 spiro atoms. The highest BCUT2D eigenvalue weighted by atomic mass is 35.5. The highest BCUT2D eigenvalue weighted by Crippen LogP contribution is 2.29. The molecule has 4 nitrogen and oxygen atoms in total. The first kappa shape index (κ1) is 17.4. The SMILES string of the molecule is Clc1ccc(OCCSc2n[nH]c(-c3ccc(Cl)cc3Cl)n2)cc1. The summed E-state index contributed by atoms with van der Waals surface area (Å²) < 4.78 is 5.63. The molecule has 24 heavy (non-hydrogen) atoms. The van der Waals surface area contributed by atoms with Crippen LogP contribution in [0, 0.1) is 0 Å². The van der Waals surface area contributed by atoms with Crippen LogP contribution in [0.25, 0.3) is 11.4 Å². The second kappa shape index (κ2) is 8.12. The van der Waals surface area contributed by atoms with Gasteiger partial charge in [-0.25, -0.2) is 4.98 Å². The van der Waals surface area contributed by atoms with Crippen LogP contribution < -0.4 is 4.74 Å². The molecular weight excluding hydrogens is 389 g/mol. The molecule has 1 N–H and O–H groups in total. The standard InChI is InChI=1S/C16H12Cl3N3OS/c17-10-1-4-12(5-2-10)23-7-8-24-16-20-15(21-22-16)13-6-3-11(18)9-14(13)19/h1-6,9H,7-8H2,(H,20,21,22). The number of halogens is 3. The molecule has 0 unspecified atom stereocenters. The summed E-state index contributed by atoms with van der Waals surface area (Å²) in [5, 5.41) is 9.49. The number of rotatable bonds is 6. The minimum absolute atomic E-state index is 0.529. The second-order valence-electron chi connectivity index (χ2n) is 4.74. The number of thioether (sulfide) groups is 1. The van der Waals surface area contributed by atoms with E-state index in [0.717, 1.165) is 11.3 Å². The molecule has 3 rings (SSSR count). The van der Waals surface area contributed by atoms with Crippen molar-refractivity contribution >= 4 is 46.6 Å². The molecule has 0 aliphatic rings. The normalized spacial score (nSPS) is 10.8. The smallest absolute Gasteiger partial charge is 0.208 e. The quantitative estimate of drug-likeness (QED) is 0.432. The van der Waals surface area contributed by atoms with Gasteiger partial charge in [0, 0.05) is 21.4 Å². The van der Waals surface area contributed by atoms with Gasteiger partial charge < -0.3 is 4.74 Å². The number of nitrogens with zero attached hydrogens (tertiary/aromatic N) is 2. The lowest BCUT2D eigenvalue weighted by Gasteiger charge is -2.04. The molecule has 0 amide bonds. The second-order valence-corrected chi connectivity index (χ2v) is 7.08. The Hall–Kier alpha value is -1.40. The molecule has 1 heterocycles. The van der Waals surface area contributed by atoms with Crippen LogP contribution in [0.4, 0.5) is 0 Å². The fourth-order valence-corrected chi connectivity index (χ4v) is 3.18. The van der Waals surface area contributed by atoms with E-state index in [-0.39, 0.29) is 0 Å². The van der Waals surface area contributed by atoms with Crippen LogP contribution >= 0.6 is 46.6 Å². The third-order valence-corrected chi connectivity index (χ3v) is 4.66. The van der Waals surface area contributed by atoms with E-state index in [2.05, 4.69) is 15.2 Å². The minimum atomic E-state index is 0.529. The molecule has 0 saturated heterocycles. The highest BCUT2D eigenvalue weighted by molar-refractivity contribution is 7.99. The minimum Gasteiger partial charge on any atom is -0.493 e. The van der Waals surface area contributed by atoms with Crippen LogP contribution in [0.2, 0.25) is 15.1 Å². The average molecular weight is 401 g/mol. The van der Waals surface area contributed by atoms with E-state index in [9.17, 15) is 0 Å². The summed E-state index contributed by atoms with van der Waals surface area (Å²) >= 11 is 19.4. The molecule has 8 heteroatoms. The Labute approximate surface area is 158 Å². The lowest BCUT2D eigenvalue weighted by molar-refractivity contribution is 0.344. The predicted molar refractivity (Wildman–Crippen MR) is 99.5 cm³/mol. The fourth-order valence-electron chi connectivity index (χ4n) is 1.94. The summed E-state index contributed by atoms with van der Waals surface area (Å²) in [6, 6.07) is 12.5. The number of nitrogens with one attached hydrogen (secondary N) is 1. The third-order valence-electron chi connectivity index (χ3n) is 3.05. The van der Waals surface area contributed by atoms with Gasteiger partial charge in [0.25, 0.3) is 0 Å². The Kier molecular flexibility index (Phi) is 5.89. The highest BCUT2D eigenvalue weighted by Gasteiger charge is 2.10. The van der Waals surface area contributed by atoms with E-state index < -0.39 is 0 Å². The molecule has 1 aromatic heterocycles. The topological polar surface area (TPSA) is 50.8 Å². The number of hydrogen-bond acceptors (Lipinski definition) is 4. The van der Waals surface area contributed by atoms with Crippen molar-refractivity contribution in [2.24, 2.45) is 0 Å². The zero-order chi connectivity index (χ0) is 16.9. The van der Waals surface area contributed by atoms with Gasteiger partial charge in [-0.05, 0) is 42.5 Å². The molecule has 0 radical (unpaired) electrons. The van der Waals surface area contributed by atoms with Crippen LogP contribution in [-0.4, -0.2) is 27.5 Å². The Balaban J connectivity index is 1.53. The van der Waals surface area contributed by atoms with Crippen molar-refractivity contribution in [2.45, 2.75) is 5.16 Å². The summed E-state index contributed by atoms with van der Waals surface area (Å²) in [4.78, 5) is 4.42. The summed E-state index contributed by atoms with van der Waals surface area (Å²) in [5.41, 5.74) is 0.762. The van der Waals surface area contributed by atoms with E-state index in [1.165, 1.54) is 11.8 Å². The number of aromatic amines is 1. The zero-order valence-electron chi connectivity index (χ0n) is 12.3. The van der Waals surface area contributed by atoms with E-state index in [1.54, 1.807) is 24.3 Å². The molecule has 0 saturated carbocycles. The number of ether oxygens (including phenoxy) is 1. The van der Waals surface area contributed by atoms with Crippen molar-refractivity contribution in [3.8, 4) is 17.1 Å². The van der Waals surface area contributed by atoms with Crippen molar-refractivity contribution in [3.63, 3.8) is 0 Å². The Bertz CT molecular complexity index is 824. The largest absolute Gasteiger partial charge is 0.493 e. The van der Waals surface area contributed by atoms with Gasteiger partial charge in [-0.15, -0.1) is 5.10 Å². The first-order valence-corrected chi connectivity index (χ1v) is 9.13. The predicted octanol–water partition coefficient (Wildman–Crippen LogP) is 5.60. The maximum atomic E-state index is 6.17. The summed E-state index contributed by atoms with van der Waals surface area (Å²) in [7, 11) is 0. The van der Waals surface area contributed by atoms with Gasteiger partial charge in [-0.2, -0.15) is 0 Å². The molecular formula is C16H12Cl3N3OS. The van der Waals surface area contributed by atoms with Crippen LogP contribution in [0.1, 0.15) is 0 Å². The maximum Gasteiger partial charge on any atom is 0.208 e. The van der Waals surface area contributed by atoms with E-state index in [1.807, 2.05) is 18.2 Å². The fraction of sp³-hybridized carbons (Fsp3) is 0.125. The lowest BCUT2D eigenvalue weighted by atomic mass is 10.2. The first-order valence-electron chi connectivity index (χ1n) is 7.01. The first-order chi connectivity index (χ1) is 11.6. The van der Waals surface area contributed by atoms with E-state index >= 15 is 0 Å². The van der Waals surface area contributed by atoms with Crippen molar-refractivity contribution < 1.29 is 4.74 Å². The zero-order valence-corrected chi connectivity index (χ0v) is 15.4. The van der Waals surface area contributed by atoms with Gasteiger partial charge >= 0.3 is 0 Å².